The van der Waals surface area contributed by atoms with Gasteiger partial charge in [-0.2, -0.15) is 0 Å². The molecule has 0 radical (unpaired) electrons. The van der Waals surface area contributed by atoms with E-state index in [4.69, 9.17) is 0 Å². The van der Waals surface area contributed by atoms with Gasteiger partial charge in [0.15, 0.2) is 5.82 Å². The third-order valence-electron chi connectivity index (χ3n) is 7.45. The highest BCUT2D eigenvalue weighted by atomic mass is 19.1. The Hall–Kier alpha value is -3.88. The van der Waals surface area contributed by atoms with E-state index in [1.165, 1.54) is 18.2 Å². The number of carbonyl (C=O) groups is 1. The van der Waals surface area contributed by atoms with Crippen LogP contribution in [0.25, 0.3) is 32.9 Å². The highest BCUT2D eigenvalue weighted by molar-refractivity contribution is 6.01. The molecule has 2 N–H and O–H groups in total. The van der Waals surface area contributed by atoms with Crippen LogP contribution in [0.15, 0.2) is 30.5 Å². The quantitative estimate of drug-likeness (QED) is 0.353. The standard InChI is InChI=1S/C28H27F2N5O2/c1-15-32-26-20-13-31-25(24(26)30)19-12-17(36)11-16-7-8-21(29)18(23(16)19)5-3-6-22(37)34-28(2)9-4-10-35(14-28)27(20)33-15/h7-8,11-13,36H,3-6,9-10,14H2,1-2H3,(H,34,37)/t28-/m1/s1. The van der Waals surface area contributed by atoms with E-state index in [0.29, 0.717) is 52.9 Å². The molecule has 190 valence electrons. The number of pyridine rings is 1. The number of phenolic OH excluding ortho intramolecular Hbond substituents is 1. The molecule has 7 rings (SSSR count). The first-order chi connectivity index (χ1) is 17.7. The Balaban J connectivity index is 1.66. The van der Waals surface area contributed by atoms with Gasteiger partial charge in [-0.3, -0.25) is 9.78 Å². The van der Waals surface area contributed by atoms with Crippen molar-refractivity contribution in [2.75, 3.05) is 18.0 Å². The van der Waals surface area contributed by atoms with Crippen LogP contribution in [0.3, 0.4) is 0 Å². The molecule has 7 nitrogen and oxygen atoms in total. The molecule has 2 aromatic heterocycles. The molecule has 1 fully saturated rings. The van der Waals surface area contributed by atoms with Gasteiger partial charge in [0.05, 0.1) is 10.9 Å². The summed E-state index contributed by atoms with van der Waals surface area (Å²) in [5.41, 5.74) is 0.258. The lowest BCUT2D eigenvalue weighted by Crippen LogP contribution is -2.57. The summed E-state index contributed by atoms with van der Waals surface area (Å²) in [6.45, 7) is 4.94. The number of benzene rings is 2. The van der Waals surface area contributed by atoms with E-state index >= 15 is 8.78 Å². The second-order valence-corrected chi connectivity index (χ2v) is 10.4. The van der Waals surface area contributed by atoms with Gasteiger partial charge in [0.1, 0.15) is 34.4 Å². The lowest BCUT2D eigenvalue weighted by atomic mass is 9.90. The number of carbonyl (C=O) groups excluding carboxylic acids is 1. The number of anilines is 1. The number of phenols is 1. The molecule has 6 bridgehead atoms. The van der Waals surface area contributed by atoms with E-state index in [9.17, 15) is 9.90 Å². The molecule has 37 heavy (non-hydrogen) atoms. The van der Waals surface area contributed by atoms with Gasteiger partial charge in [-0.25, -0.2) is 18.7 Å². The molecule has 0 unspecified atom stereocenters. The molecule has 5 heterocycles. The number of piperidine rings is 1. The van der Waals surface area contributed by atoms with E-state index in [1.54, 1.807) is 19.2 Å². The Morgan fingerprint density at radius 1 is 1.14 bits per heavy atom. The van der Waals surface area contributed by atoms with Gasteiger partial charge in [0.2, 0.25) is 5.91 Å². The van der Waals surface area contributed by atoms with E-state index in [0.717, 1.165) is 12.8 Å². The van der Waals surface area contributed by atoms with Crippen molar-refractivity contribution in [1.29, 1.82) is 0 Å². The first-order valence-corrected chi connectivity index (χ1v) is 12.6. The summed E-state index contributed by atoms with van der Waals surface area (Å²) in [5.74, 6) is -0.287. The number of nitrogens with one attached hydrogen (secondary N) is 1. The maximum Gasteiger partial charge on any atom is 0.220 e. The average molecular weight is 504 g/mol. The fourth-order valence-electron chi connectivity index (χ4n) is 5.86. The number of fused-ring (bicyclic) bond motifs is 5. The minimum atomic E-state index is -0.647. The molecule has 0 aliphatic carbocycles. The van der Waals surface area contributed by atoms with Gasteiger partial charge in [0, 0.05) is 31.3 Å². The first kappa shape index (κ1) is 23.5. The van der Waals surface area contributed by atoms with Crippen molar-refractivity contribution < 1.29 is 18.7 Å². The molecule has 3 aliphatic heterocycles. The molecular weight excluding hydrogens is 476 g/mol. The van der Waals surface area contributed by atoms with Crippen LogP contribution in [0.2, 0.25) is 0 Å². The Morgan fingerprint density at radius 3 is 2.81 bits per heavy atom. The number of hydrogen-bond donors (Lipinski definition) is 2. The normalized spacial score (nSPS) is 20.1. The molecule has 3 aliphatic rings. The molecule has 1 saturated heterocycles. The minimum Gasteiger partial charge on any atom is -0.508 e. The zero-order valence-corrected chi connectivity index (χ0v) is 20.7. The van der Waals surface area contributed by atoms with Crippen molar-refractivity contribution in [2.24, 2.45) is 0 Å². The molecule has 0 spiro atoms. The summed E-state index contributed by atoms with van der Waals surface area (Å²) in [6, 6.07) is 5.82. The molecule has 4 aromatic rings. The number of rotatable bonds is 0. The van der Waals surface area contributed by atoms with E-state index < -0.39 is 17.2 Å². The molecule has 1 amide bonds. The summed E-state index contributed by atoms with van der Waals surface area (Å²) >= 11 is 0. The average Bonchev–Trinajstić information content (AvgIpc) is 2.84. The maximum absolute atomic E-state index is 16.2. The number of aromatic hydroxyl groups is 1. The zero-order valence-electron chi connectivity index (χ0n) is 20.7. The SMILES string of the molecule is Cc1nc2c3cnc(c(F)c3n1)-c1cc(O)cc3ccc(F)c(c13)CCCC(=O)N[C@]1(C)CCCN2C1. The summed E-state index contributed by atoms with van der Waals surface area (Å²) in [6.07, 6.45) is 4.11. The zero-order chi connectivity index (χ0) is 25.9. The highest BCUT2D eigenvalue weighted by Crippen LogP contribution is 2.39. The fraction of sp³-hybridized carbons (Fsp3) is 0.357. The van der Waals surface area contributed by atoms with Crippen molar-refractivity contribution >= 4 is 33.4 Å². The first-order valence-electron chi connectivity index (χ1n) is 12.6. The number of aryl methyl sites for hydroxylation is 2. The molecule has 2 aromatic carbocycles. The van der Waals surface area contributed by atoms with Crippen molar-refractivity contribution in [3.05, 3.63) is 53.5 Å². The van der Waals surface area contributed by atoms with Gasteiger partial charge >= 0.3 is 0 Å². The van der Waals surface area contributed by atoms with Crippen LogP contribution in [0.1, 0.15) is 44.0 Å². The van der Waals surface area contributed by atoms with Gasteiger partial charge in [0.25, 0.3) is 0 Å². The predicted molar refractivity (Wildman–Crippen MR) is 138 cm³/mol. The lowest BCUT2D eigenvalue weighted by molar-refractivity contribution is -0.123. The minimum absolute atomic E-state index is 0.0161. The largest absolute Gasteiger partial charge is 0.508 e. The molecular formula is C28H27F2N5O2. The van der Waals surface area contributed by atoms with Crippen LogP contribution >= 0.6 is 0 Å². The smallest absolute Gasteiger partial charge is 0.220 e. The third-order valence-corrected chi connectivity index (χ3v) is 7.45. The third kappa shape index (κ3) is 4.02. The van der Waals surface area contributed by atoms with Gasteiger partial charge in [-0.05, 0) is 74.1 Å². The summed E-state index contributed by atoms with van der Waals surface area (Å²) in [4.78, 5) is 28.5. The second kappa shape index (κ2) is 8.61. The van der Waals surface area contributed by atoms with Crippen LogP contribution < -0.4 is 10.2 Å². The predicted octanol–water partition coefficient (Wildman–Crippen LogP) is 4.95. The molecule has 0 saturated carbocycles. The number of aromatic nitrogens is 3. The number of halogens is 2. The van der Waals surface area contributed by atoms with Crippen molar-refractivity contribution in [3.63, 3.8) is 0 Å². The monoisotopic (exact) mass is 503 g/mol. The maximum atomic E-state index is 16.2. The van der Waals surface area contributed by atoms with Crippen LogP contribution in [-0.2, 0) is 11.2 Å². The van der Waals surface area contributed by atoms with Crippen molar-refractivity contribution in [1.82, 2.24) is 20.3 Å². The second-order valence-electron chi connectivity index (χ2n) is 10.4. The lowest BCUT2D eigenvalue weighted by Gasteiger charge is -2.42. The Kier molecular flexibility index (Phi) is 5.47. The van der Waals surface area contributed by atoms with Gasteiger partial charge in [-0.1, -0.05) is 6.07 Å². The fourth-order valence-corrected chi connectivity index (χ4v) is 5.86. The molecule has 1 atom stereocenters. The van der Waals surface area contributed by atoms with Crippen molar-refractivity contribution in [3.8, 4) is 17.0 Å². The number of nitrogens with zero attached hydrogens (tertiary/aromatic N) is 4. The Morgan fingerprint density at radius 2 is 1.97 bits per heavy atom. The van der Waals surface area contributed by atoms with E-state index in [-0.39, 0.29) is 41.3 Å². The van der Waals surface area contributed by atoms with Crippen LogP contribution in [-0.4, -0.2) is 44.6 Å². The van der Waals surface area contributed by atoms with Gasteiger partial charge < -0.3 is 15.3 Å². The van der Waals surface area contributed by atoms with Gasteiger partial charge in [-0.15, -0.1) is 0 Å². The van der Waals surface area contributed by atoms with Crippen LogP contribution in [0.4, 0.5) is 14.6 Å². The Bertz CT molecular complexity index is 1590. The van der Waals surface area contributed by atoms with Crippen molar-refractivity contribution in [2.45, 2.75) is 51.5 Å². The highest BCUT2D eigenvalue weighted by Gasteiger charge is 2.34. The number of hydrogen-bond acceptors (Lipinski definition) is 6. The summed E-state index contributed by atoms with van der Waals surface area (Å²) in [5, 5.41) is 15.1. The van der Waals surface area contributed by atoms with Crippen LogP contribution in [0.5, 0.6) is 5.75 Å². The Labute approximate surface area is 212 Å². The van der Waals surface area contributed by atoms with E-state index in [2.05, 4.69) is 25.2 Å². The molecule has 9 heteroatoms. The topological polar surface area (TPSA) is 91.2 Å². The van der Waals surface area contributed by atoms with Crippen LogP contribution in [0, 0.1) is 18.6 Å². The summed E-state index contributed by atoms with van der Waals surface area (Å²) in [7, 11) is 0. The number of amides is 1. The summed E-state index contributed by atoms with van der Waals surface area (Å²) < 4.78 is 31.4. The van der Waals surface area contributed by atoms with E-state index in [1.807, 2.05) is 6.92 Å².